The van der Waals surface area contributed by atoms with Crippen LogP contribution < -0.4 is 25.4 Å². The number of carbonyl (C=O) groups is 2. The van der Waals surface area contributed by atoms with E-state index in [-0.39, 0.29) is 48.2 Å². The van der Waals surface area contributed by atoms with Crippen LogP contribution in [-0.2, 0) is 16.1 Å². The third-order valence-electron chi connectivity index (χ3n) is 8.17. The van der Waals surface area contributed by atoms with Crippen molar-refractivity contribution in [2.75, 3.05) is 36.5 Å². The number of nitrogens with zero attached hydrogens (tertiary/aromatic N) is 4. The summed E-state index contributed by atoms with van der Waals surface area (Å²) in [5.41, 5.74) is 2.69. The molecule has 0 saturated carbocycles. The molecule has 3 aromatic heterocycles. The van der Waals surface area contributed by atoms with Crippen molar-refractivity contribution >= 4 is 59.0 Å². The molecule has 0 spiro atoms. The zero-order valence-corrected chi connectivity index (χ0v) is 27.9. The molecule has 4 heterocycles. The summed E-state index contributed by atoms with van der Waals surface area (Å²) in [5, 5.41) is 4.24. The highest BCUT2D eigenvalue weighted by atomic mass is 35.5. The van der Waals surface area contributed by atoms with Crippen molar-refractivity contribution in [1.29, 1.82) is 0 Å². The quantitative estimate of drug-likeness (QED) is 0.163. The molecule has 4 aromatic rings. The summed E-state index contributed by atoms with van der Waals surface area (Å²) in [4.78, 5) is 46.6. The summed E-state index contributed by atoms with van der Waals surface area (Å²) >= 11 is 0. The Morgan fingerprint density at radius 3 is 2.47 bits per heavy atom. The monoisotopic (exact) mass is 657 g/mol. The van der Waals surface area contributed by atoms with Gasteiger partial charge in [-0.05, 0) is 83.0 Å². The molecule has 0 bridgehead atoms. The molecular formula is C33H41Cl2N5O5. The SMILES string of the molecule is CCN1C(=O)C(C)(C)C(=O)N(C)c2cc(OCCCNC(CCn3ccc4occ(C)c4c3=O)c3ccncc3)ccc21.Cl.Cl. The number of amides is 2. The molecule has 2 amide bonds. The maximum absolute atomic E-state index is 13.1. The topological polar surface area (TPSA) is 110 Å². The van der Waals surface area contributed by atoms with Gasteiger partial charge in [-0.2, -0.15) is 0 Å². The largest absolute Gasteiger partial charge is 0.493 e. The van der Waals surface area contributed by atoms with E-state index in [1.807, 2.05) is 50.2 Å². The number of nitrogens with one attached hydrogen (secondary N) is 1. The molecule has 45 heavy (non-hydrogen) atoms. The van der Waals surface area contributed by atoms with Crippen molar-refractivity contribution in [3.05, 3.63) is 82.7 Å². The van der Waals surface area contributed by atoms with Gasteiger partial charge < -0.3 is 28.8 Å². The van der Waals surface area contributed by atoms with Crippen LogP contribution in [0.15, 0.2) is 70.5 Å². The third-order valence-corrected chi connectivity index (χ3v) is 8.17. The molecule has 1 unspecified atom stereocenters. The van der Waals surface area contributed by atoms with Gasteiger partial charge in [0, 0.05) is 56.4 Å². The second kappa shape index (κ2) is 14.9. The van der Waals surface area contributed by atoms with Crippen LogP contribution in [0.25, 0.3) is 11.0 Å². The number of pyridine rings is 2. The Morgan fingerprint density at radius 2 is 1.76 bits per heavy atom. The number of hydrogen-bond acceptors (Lipinski definition) is 7. The molecular weight excluding hydrogens is 617 g/mol. The minimum atomic E-state index is -1.15. The Bertz CT molecular complexity index is 1690. The predicted octanol–water partition coefficient (Wildman–Crippen LogP) is 5.69. The maximum Gasteiger partial charge on any atom is 0.261 e. The van der Waals surface area contributed by atoms with Crippen LogP contribution in [-0.4, -0.2) is 48.1 Å². The first-order chi connectivity index (χ1) is 20.6. The highest BCUT2D eigenvalue weighted by molar-refractivity contribution is 6.20. The smallest absolute Gasteiger partial charge is 0.261 e. The van der Waals surface area contributed by atoms with Crippen molar-refractivity contribution in [3.8, 4) is 5.75 Å². The zero-order chi connectivity index (χ0) is 30.7. The fourth-order valence-electron chi connectivity index (χ4n) is 5.67. The van der Waals surface area contributed by atoms with E-state index >= 15 is 0 Å². The number of anilines is 2. The Kier molecular flexibility index (Phi) is 11.8. The third kappa shape index (κ3) is 7.19. The molecule has 242 valence electrons. The molecule has 10 nitrogen and oxygen atoms in total. The summed E-state index contributed by atoms with van der Waals surface area (Å²) in [6.45, 7) is 9.29. The van der Waals surface area contributed by atoms with Crippen molar-refractivity contribution in [2.45, 2.75) is 53.1 Å². The lowest BCUT2D eigenvalue weighted by atomic mass is 9.90. The number of furan rings is 1. The van der Waals surface area contributed by atoms with E-state index in [0.717, 1.165) is 17.5 Å². The lowest BCUT2D eigenvalue weighted by Crippen LogP contribution is -2.47. The average Bonchev–Trinajstić information content (AvgIpc) is 3.38. The minimum Gasteiger partial charge on any atom is -0.493 e. The summed E-state index contributed by atoms with van der Waals surface area (Å²) in [6.07, 6.45) is 8.39. The van der Waals surface area contributed by atoms with Gasteiger partial charge in [0.15, 0.2) is 0 Å². The first-order valence-corrected chi connectivity index (χ1v) is 14.7. The van der Waals surface area contributed by atoms with E-state index < -0.39 is 5.41 Å². The number of aryl methyl sites for hydroxylation is 2. The van der Waals surface area contributed by atoms with Crippen LogP contribution in [0, 0.1) is 12.3 Å². The number of ether oxygens (including phenoxy) is 1. The van der Waals surface area contributed by atoms with E-state index in [1.54, 1.807) is 60.1 Å². The number of carbonyl (C=O) groups excluding carboxylic acids is 2. The predicted molar refractivity (Wildman–Crippen MR) is 181 cm³/mol. The van der Waals surface area contributed by atoms with Gasteiger partial charge in [0.25, 0.3) is 5.56 Å². The number of rotatable bonds is 11. The number of hydrogen-bond donors (Lipinski definition) is 1. The minimum absolute atomic E-state index is 0. The van der Waals surface area contributed by atoms with E-state index in [1.165, 1.54) is 0 Å². The molecule has 1 atom stereocenters. The molecule has 1 aliphatic heterocycles. The Balaban J connectivity index is 0.00000276. The molecule has 1 N–H and O–H groups in total. The van der Waals surface area contributed by atoms with Gasteiger partial charge in [-0.3, -0.25) is 19.4 Å². The van der Waals surface area contributed by atoms with Crippen LogP contribution >= 0.6 is 24.8 Å². The summed E-state index contributed by atoms with van der Waals surface area (Å²) < 4.78 is 13.3. The van der Waals surface area contributed by atoms with Crippen molar-refractivity contribution in [1.82, 2.24) is 14.9 Å². The van der Waals surface area contributed by atoms with Gasteiger partial charge in [-0.1, -0.05) is 0 Å². The molecule has 1 aromatic carbocycles. The number of halogens is 2. The lowest BCUT2D eigenvalue weighted by molar-refractivity contribution is -0.137. The first-order valence-electron chi connectivity index (χ1n) is 14.7. The Labute approximate surface area is 275 Å². The Hall–Kier alpha value is -3.86. The molecule has 0 aliphatic carbocycles. The van der Waals surface area contributed by atoms with Gasteiger partial charge in [0.05, 0.1) is 29.6 Å². The first kappa shape index (κ1) is 35.6. The summed E-state index contributed by atoms with van der Waals surface area (Å²) in [6, 6.07) is 11.3. The summed E-state index contributed by atoms with van der Waals surface area (Å²) in [7, 11) is 1.70. The van der Waals surface area contributed by atoms with Crippen LogP contribution in [0.4, 0.5) is 11.4 Å². The van der Waals surface area contributed by atoms with Gasteiger partial charge in [0.2, 0.25) is 11.8 Å². The summed E-state index contributed by atoms with van der Waals surface area (Å²) in [5.74, 6) is 0.174. The van der Waals surface area contributed by atoms with Gasteiger partial charge >= 0.3 is 0 Å². The van der Waals surface area contributed by atoms with Crippen molar-refractivity contribution < 1.29 is 18.7 Å². The molecule has 1 aliphatic rings. The molecule has 5 rings (SSSR count). The second-order valence-electron chi connectivity index (χ2n) is 11.4. The second-order valence-corrected chi connectivity index (χ2v) is 11.4. The molecule has 12 heteroatoms. The van der Waals surface area contributed by atoms with Crippen LogP contribution in [0.2, 0.25) is 0 Å². The maximum atomic E-state index is 13.1. The van der Waals surface area contributed by atoms with E-state index in [2.05, 4.69) is 10.3 Å². The standard InChI is InChI=1S/C33H39N5O5.2ClH/c1-6-38-26-9-8-24(20-27(26)36(5)31(40)33(3,4)32(38)41)42-19-7-14-35-25(23-10-15-34-16-11-23)12-17-37-18-13-28-29(30(37)39)22(2)21-43-28;;/h8-11,13,15-16,18,20-21,25,35H,6-7,12,14,17,19H2,1-5H3;2*1H. The van der Waals surface area contributed by atoms with Crippen LogP contribution in [0.3, 0.4) is 0 Å². The fraction of sp³-hybridized carbons (Fsp3) is 0.394. The number of fused-ring (bicyclic) bond motifs is 2. The molecule has 0 fully saturated rings. The van der Waals surface area contributed by atoms with E-state index in [4.69, 9.17) is 9.15 Å². The normalized spacial score (nSPS) is 14.8. The van der Waals surface area contributed by atoms with Gasteiger partial charge in [0.1, 0.15) is 16.7 Å². The van der Waals surface area contributed by atoms with Crippen molar-refractivity contribution in [2.24, 2.45) is 5.41 Å². The van der Waals surface area contributed by atoms with Gasteiger partial charge in [-0.15, -0.1) is 24.8 Å². The van der Waals surface area contributed by atoms with E-state index in [9.17, 15) is 14.4 Å². The number of aromatic nitrogens is 2. The molecule has 0 radical (unpaired) electrons. The lowest BCUT2D eigenvalue weighted by Gasteiger charge is -2.27. The van der Waals surface area contributed by atoms with Crippen LogP contribution in [0.5, 0.6) is 5.75 Å². The molecule has 0 saturated heterocycles. The zero-order valence-electron chi connectivity index (χ0n) is 26.2. The van der Waals surface area contributed by atoms with E-state index in [0.29, 0.717) is 60.8 Å². The van der Waals surface area contributed by atoms with Crippen molar-refractivity contribution in [3.63, 3.8) is 0 Å². The highest BCUT2D eigenvalue weighted by Gasteiger charge is 2.45. The Morgan fingerprint density at radius 1 is 1.02 bits per heavy atom. The average molecular weight is 659 g/mol. The van der Waals surface area contributed by atoms with Crippen LogP contribution in [0.1, 0.15) is 50.8 Å². The number of benzene rings is 1. The fourth-order valence-corrected chi connectivity index (χ4v) is 5.67. The van der Waals surface area contributed by atoms with Gasteiger partial charge in [-0.25, -0.2) is 0 Å². The highest BCUT2D eigenvalue weighted by Crippen LogP contribution is 2.40.